The zero-order valence-corrected chi connectivity index (χ0v) is 18.3. The lowest BCUT2D eigenvalue weighted by Crippen LogP contribution is -2.42. The van der Waals surface area contributed by atoms with Crippen LogP contribution in [0.4, 0.5) is 0 Å². The molecule has 1 aromatic carbocycles. The molecule has 2 rings (SSSR count). The lowest BCUT2D eigenvalue weighted by atomic mass is 10.0. The SMILES string of the molecule is BN1CCC(NC(=C/C)/C(C(=N)Br)=C(\N)NCc2ccc(O)cc2OC)CC1. The molecule has 0 radical (unpaired) electrons. The summed E-state index contributed by atoms with van der Waals surface area (Å²) in [4.78, 5) is 2.32. The van der Waals surface area contributed by atoms with E-state index in [1.807, 2.05) is 13.0 Å². The van der Waals surface area contributed by atoms with Crippen LogP contribution in [0.2, 0.25) is 0 Å². The molecular weight excluding hydrogens is 421 g/mol. The number of methoxy groups -OCH3 is 1. The van der Waals surface area contributed by atoms with Gasteiger partial charge in [0.1, 0.15) is 21.9 Å². The summed E-state index contributed by atoms with van der Waals surface area (Å²) < 4.78 is 5.52. The smallest absolute Gasteiger partial charge is 0.185 e. The molecule has 0 aromatic heterocycles. The van der Waals surface area contributed by atoms with Crippen LogP contribution in [0.3, 0.4) is 0 Å². The molecule has 152 valence electrons. The number of nitrogens with zero attached hydrogens (tertiary/aromatic N) is 1. The minimum absolute atomic E-state index is 0.144. The monoisotopic (exact) mass is 449 g/mol. The number of halogens is 1. The quantitative estimate of drug-likeness (QED) is 0.234. The molecule has 1 aliphatic rings. The van der Waals surface area contributed by atoms with Crippen molar-refractivity contribution >= 4 is 28.5 Å². The van der Waals surface area contributed by atoms with Gasteiger partial charge in [0.05, 0.1) is 12.7 Å². The summed E-state index contributed by atoms with van der Waals surface area (Å²) in [6.45, 7) is 4.44. The van der Waals surface area contributed by atoms with E-state index in [1.54, 1.807) is 25.3 Å². The zero-order valence-electron chi connectivity index (χ0n) is 16.7. The van der Waals surface area contributed by atoms with Gasteiger partial charge < -0.3 is 31.0 Å². The molecule has 0 unspecified atom stereocenters. The number of hydrogen-bond acceptors (Lipinski definition) is 7. The van der Waals surface area contributed by atoms with Gasteiger partial charge in [-0.3, -0.25) is 5.41 Å². The predicted octanol–water partition coefficient (Wildman–Crippen LogP) is 1.54. The van der Waals surface area contributed by atoms with Crippen LogP contribution in [0.15, 0.2) is 41.4 Å². The Balaban J connectivity index is 2.15. The number of hydrogen-bond donors (Lipinski definition) is 5. The maximum absolute atomic E-state index is 9.60. The summed E-state index contributed by atoms with van der Waals surface area (Å²) in [6, 6.07) is 5.30. The summed E-state index contributed by atoms with van der Waals surface area (Å²) >= 11 is 3.28. The van der Waals surface area contributed by atoms with Crippen molar-refractivity contribution < 1.29 is 9.84 Å². The van der Waals surface area contributed by atoms with Crippen LogP contribution in [0.25, 0.3) is 0 Å². The zero-order chi connectivity index (χ0) is 20.7. The molecule has 28 heavy (non-hydrogen) atoms. The fourth-order valence-corrected chi connectivity index (χ4v) is 3.64. The lowest BCUT2D eigenvalue weighted by Gasteiger charge is -2.31. The lowest BCUT2D eigenvalue weighted by molar-refractivity contribution is 0.312. The second kappa shape index (κ2) is 10.4. The minimum Gasteiger partial charge on any atom is -0.508 e. The molecule has 0 saturated carbocycles. The fraction of sp³-hybridized carbons (Fsp3) is 0.421. The average Bonchev–Trinajstić information content (AvgIpc) is 2.67. The standard InChI is InChI=1S/C19H29BBrN5O2/c1-3-15(25-13-6-8-26(20)9-7-13)17(18(21)22)19(23)24-11-12-4-5-14(27)10-16(12)28-2/h3-5,10,13,22,24-25,27H,6-9,11,20,23H2,1-2H3/b15-3+,19-17-,22-18?. The molecule has 0 spiro atoms. The highest BCUT2D eigenvalue weighted by atomic mass is 79.9. The average molecular weight is 450 g/mol. The Kier molecular flexibility index (Phi) is 8.26. The van der Waals surface area contributed by atoms with Gasteiger partial charge in [-0.05, 0) is 60.9 Å². The maximum Gasteiger partial charge on any atom is 0.185 e. The van der Waals surface area contributed by atoms with Gasteiger partial charge in [0.2, 0.25) is 0 Å². The normalized spacial score (nSPS) is 17.0. The van der Waals surface area contributed by atoms with Gasteiger partial charge in [-0.1, -0.05) is 6.08 Å². The molecule has 1 heterocycles. The van der Waals surface area contributed by atoms with Gasteiger partial charge in [-0.15, -0.1) is 0 Å². The first kappa shape index (κ1) is 22.2. The van der Waals surface area contributed by atoms with E-state index in [0.29, 0.717) is 29.7 Å². The number of nitrogens with one attached hydrogen (secondary N) is 3. The topological polar surface area (TPSA) is 107 Å². The number of nitrogens with two attached hydrogens (primary N) is 1. The Morgan fingerprint density at radius 2 is 2.14 bits per heavy atom. The Morgan fingerprint density at radius 1 is 1.46 bits per heavy atom. The first-order valence-electron chi connectivity index (χ1n) is 9.31. The predicted molar refractivity (Wildman–Crippen MR) is 119 cm³/mol. The molecule has 0 bridgehead atoms. The van der Waals surface area contributed by atoms with E-state index in [2.05, 4.69) is 39.4 Å². The molecule has 1 aromatic rings. The highest BCUT2D eigenvalue weighted by Crippen LogP contribution is 2.24. The molecule has 7 nitrogen and oxygen atoms in total. The van der Waals surface area contributed by atoms with Crippen molar-refractivity contribution in [1.82, 2.24) is 15.4 Å². The van der Waals surface area contributed by atoms with Crippen molar-refractivity contribution in [2.75, 3.05) is 20.2 Å². The van der Waals surface area contributed by atoms with Crippen LogP contribution < -0.4 is 21.1 Å². The third-order valence-electron chi connectivity index (χ3n) is 4.86. The molecule has 6 N–H and O–H groups in total. The van der Waals surface area contributed by atoms with Crippen molar-refractivity contribution in [2.45, 2.75) is 32.4 Å². The Labute approximate surface area is 176 Å². The summed E-state index contributed by atoms with van der Waals surface area (Å²) in [5.41, 5.74) is 8.59. The summed E-state index contributed by atoms with van der Waals surface area (Å²) in [5.74, 6) is 1.11. The first-order valence-corrected chi connectivity index (χ1v) is 10.1. The van der Waals surface area contributed by atoms with E-state index in [1.165, 1.54) is 0 Å². The van der Waals surface area contributed by atoms with Crippen molar-refractivity contribution in [3.05, 3.63) is 46.9 Å². The van der Waals surface area contributed by atoms with Crippen molar-refractivity contribution in [1.29, 1.82) is 5.41 Å². The number of benzene rings is 1. The Hall–Kier alpha value is -2.13. The number of aromatic hydroxyl groups is 1. The van der Waals surface area contributed by atoms with Crippen LogP contribution in [0.5, 0.6) is 11.5 Å². The molecule has 1 fully saturated rings. The number of phenols is 1. The van der Waals surface area contributed by atoms with E-state index < -0.39 is 0 Å². The molecule has 9 heteroatoms. The van der Waals surface area contributed by atoms with Gasteiger partial charge in [0.25, 0.3) is 0 Å². The number of phenolic OH excluding ortho intramolecular Hbond substituents is 1. The van der Waals surface area contributed by atoms with Crippen LogP contribution in [0, 0.1) is 5.41 Å². The van der Waals surface area contributed by atoms with E-state index in [4.69, 9.17) is 15.9 Å². The third kappa shape index (κ3) is 5.94. The minimum atomic E-state index is 0.144. The highest BCUT2D eigenvalue weighted by Gasteiger charge is 2.20. The van der Waals surface area contributed by atoms with Crippen molar-refractivity contribution in [2.24, 2.45) is 5.73 Å². The second-order valence-electron chi connectivity index (χ2n) is 6.88. The number of allylic oxidation sites excluding steroid dienone is 2. The summed E-state index contributed by atoms with van der Waals surface area (Å²) in [6.07, 6.45) is 4.04. The van der Waals surface area contributed by atoms with Crippen molar-refractivity contribution in [3.63, 3.8) is 0 Å². The van der Waals surface area contributed by atoms with Gasteiger partial charge in [0.15, 0.2) is 7.98 Å². The third-order valence-corrected chi connectivity index (χ3v) is 5.26. The van der Waals surface area contributed by atoms with E-state index in [-0.39, 0.29) is 10.4 Å². The second-order valence-corrected chi connectivity index (χ2v) is 7.67. The highest BCUT2D eigenvalue weighted by molar-refractivity contribution is 9.18. The molecule has 0 amide bonds. The largest absolute Gasteiger partial charge is 0.508 e. The van der Waals surface area contributed by atoms with Gasteiger partial charge >= 0.3 is 0 Å². The molecule has 1 saturated heterocycles. The number of ether oxygens (including phenoxy) is 1. The van der Waals surface area contributed by atoms with Crippen LogP contribution in [-0.2, 0) is 6.54 Å². The van der Waals surface area contributed by atoms with E-state index in [9.17, 15) is 5.11 Å². The van der Waals surface area contributed by atoms with E-state index in [0.717, 1.165) is 37.2 Å². The van der Waals surface area contributed by atoms with Crippen LogP contribution in [-0.4, -0.2) is 48.8 Å². The Morgan fingerprint density at radius 3 is 2.71 bits per heavy atom. The summed E-state index contributed by atoms with van der Waals surface area (Å²) in [5, 5.41) is 24.5. The van der Waals surface area contributed by atoms with E-state index >= 15 is 0 Å². The maximum atomic E-state index is 9.60. The number of piperidine rings is 1. The first-order chi connectivity index (χ1) is 13.3. The van der Waals surface area contributed by atoms with Gasteiger partial charge in [-0.25, -0.2) is 0 Å². The van der Waals surface area contributed by atoms with Crippen LogP contribution in [0.1, 0.15) is 25.3 Å². The molecular formula is C19H29BBrN5O2. The molecule has 0 atom stereocenters. The van der Waals surface area contributed by atoms with Crippen LogP contribution >= 0.6 is 15.9 Å². The molecule has 0 aliphatic carbocycles. The summed E-state index contributed by atoms with van der Waals surface area (Å²) in [7, 11) is 3.69. The van der Waals surface area contributed by atoms with Crippen molar-refractivity contribution in [3.8, 4) is 11.5 Å². The van der Waals surface area contributed by atoms with Gasteiger partial charge in [0, 0.05) is 29.9 Å². The fourth-order valence-electron chi connectivity index (χ4n) is 3.21. The van der Waals surface area contributed by atoms with Gasteiger partial charge in [-0.2, -0.15) is 0 Å². The molecule has 1 aliphatic heterocycles. The Bertz CT molecular complexity index is 761. The number of rotatable bonds is 8.